The van der Waals surface area contributed by atoms with Gasteiger partial charge in [-0.25, -0.2) is 4.79 Å². The van der Waals surface area contributed by atoms with Crippen LogP contribution in [-0.2, 0) is 25.5 Å². The molecule has 1 aliphatic heterocycles. The topological polar surface area (TPSA) is 122 Å². The first-order valence-electron chi connectivity index (χ1n) is 12.2. The Morgan fingerprint density at radius 3 is 2.26 bits per heavy atom. The molecule has 0 saturated carbocycles. The Hall–Kier alpha value is -4.11. The van der Waals surface area contributed by atoms with Crippen LogP contribution in [0.2, 0.25) is 0 Å². The highest BCUT2D eigenvalue weighted by Gasteiger charge is 2.33. The number of aliphatic carboxylic acids is 1. The zero-order valence-electron chi connectivity index (χ0n) is 20.5. The van der Waals surface area contributed by atoms with Gasteiger partial charge in [-0.3, -0.25) is 14.4 Å². The van der Waals surface area contributed by atoms with E-state index in [0.717, 1.165) is 11.1 Å². The van der Waals surface area contributed by atoms with E-state index < -0.39 is 35.2 Å². The molecule has 38 heavy (non-hydrogen) atoms. The van der Waals surface area contributed by atoms with Gasteiger partial charge in [0.2, 0.25) is 11.8 Å². The summed E-state index contributed by atoms with van der Waals surface area (Å²) in [5.74, 6) is -2.57. The number of ether oxygens (including phenoxy) is 1. The minimum Gasteiger partial charge on any atom is -0.481 e. The second kappa shape index (κ2) is 12.9. The molecule has 3 N–H and O–H groups in total. The molecule has 3 aromatic rings. The molecule has 0 radical (unpaired) electrons. The third-order valence-electron chi connectivity index (χ3n) is 6.11. The monoisotopic (exact) mass is 532 g/mol. The first kappa shape index (κ1) is 26.9. The summed E-state index contributed by atoms with van der Waals surface area (Å²) >= 11 is 1.34. The summed E-state index contributed by atoms with van der Waals surface area (Å²) < 4.78 is 5.53. The normalized spacial score (nSPS) is 15.6. The fourth-order valence-corrected chi connectivity index (χ4v) is 5.36. The van der Waals surface area contributed by atoms with Crippen molar-refractivity contribution < 1.29 is 29.0 Å². The molecule has 9 heteroatoms. The fraction of sp³-hybridized carbons (Fsp3) is 0.241. The number of hydrogen-bond acceptors (Lipinski definition) is 6. The van der Waals surface area contributed by atoms with Gasteiger partial charge < -0.3 is 20.5 Å². The maximum atomic E-state index is 13.5. The van der Waals surface area contributed by atoms with Crippen LogP contribution in [0.15, 0.2) is 84.9 Å². The highest BCUT2D eigenvalue weighted by Crippen LogP contribution is 2.39. The summed E-state index contributed by atoms with van der Waals surface area (Å²) in [6.45, 7) is 0. The Balaban J connectivity index is 1.49. The van der Waals surface area contributed by atoms with E-state index in [1.165, 1.54) is 11.8 Å². The Morgan fingerprint density at radius 1 is 0.895 bits per heavy atom. The molecule has 1 heterocycles. The first-order valence-corrected chi connectivity index (χ1v) is 13.3. The summed E-state index contributed by atoms with van der Waals surface area (Å²) in [6.07, 6.45) is 0.0621. The smallest absolute Gasteiger partial charge is 0.340 e. The zero-order chi connectivity index (χ0) is 26.9. The summed E-state index contributed by atoms with van der Waals surface area (Å²) in [5, 5.41) is 14.7. The van der Waals surface area contributed by atoms with Gasteiger partial charge in [-0.2, -0.15) is 0 Å². The summed E-state index contributed by atoms with van der Waals surface area (Å²) in [7, 11) is 0. The maximum Gasteiger partial charge on any atom is 0.340 e. The molecular formula is C29H28N2O6S. The molecule has 0 aromatic heterocycles. The molecule has 0 spiro atoms. The summed E-state index contributed by atoms with van der Waals surface area (Å²) in [4.78, 5) is 50.0. The number of carboxylic acid groups (broad SMARTS) is 1. The molecule has 0 saturated heterocycles. The van der Waals surface area contributed by atoms with Gasteiger partial charge in [0.15, 0.2) is 5.44 Å². The van der Waals surface area contributed by atoms with Gasteiger partial charge in [-0.05, 0) is 36.6 Å². The molecule has 1 aliphatic rings. The lowest BCUT2D eigenvalue weighted by Gasteiger charge is -2.23. The number of esters is 1. The fourth-order valence-electron chi connectivity index (χ4n) is 4.14. The van der Waals surface area contributed by atoms with Crippen molar-refractivity contribution in [1.82, 2.24) is 5.32 Å². The molecular weight excluding hydrogens is 504 g/mol. The lowest BCUT2D eigenvalue weighted by atomic mass is 9.99. The van der Waals surface area contributed by atoms with Gasteiger partial charge in [-0.1, -0.05) is 66.7 Å². The molecule has 3 aromatic carbocycles. The Bertz CT molecular complexity index is 1280. The Morgan fingerprint density at radius 2 is 1.55 bits per heavy atom. The molecule has 4 rings (SSSR count). The number of nitrogens with one attached hydrogen (secondary N) is 2. The van der Waals surface area contributed by atoms with E-state index in [9.17, 15) is 24.3 Å². The van der Waals surface area contributed by atoms with Crippen molar-refractivity contribution in [1.29, 1.82) is 0 Å². The second-order valence-electron chi connectivity index (χ2n) is 8.89. The number of cyclic esters (lactones) is 1. The number of carbonyl (C=O) groups is 4. The molecule has 0 fully saturated rings. The number of benzene rings is 3. The van der Waals surface area contributed by atoms with Crippen molar-refractivity contribution in [3.05, 3.63) is 102 Å². The zero-order valence-corrected chi connectivity index (χ0v) is 21.4. The van der Waals surface area contributed by atoms with Crippen LogP contribution in [0.4, 0.5) is 5.69 Å². The molecule has 0 aliphatic carbocycles. The van der Waals surface area contributed by atoms with Crippen molar-refractivity contribution >= 4 is 41.2 Å². The number of amides is 2. The molecule has 3 unspecified atom stereocenters. The van der Waals surface area contributed by atoms with Crippen molar-refractivity contribution in [2.45, 2.75) is 30.7 Å². The number of anilines is 1. The van der Waals surface area contributed by atoms with Crippen LogP contribution in [0.5, 0.6) is 0 Å². The highest BCUT2D eigenvalue weighted by molar-refractivity contribution is 7.99. The summed E-state index contributed by atoms with van der Waals surface area (Å²) in [6, 6.07) is 24.4. The molecule has 2 amide bonds. The van der Waals surface area contributed by atoms with Crippen molar-refractivity contribution in [2.75, 3.05) is 11.1 Å². The number of para-hydroxylation sites is 1. The van der Waals surface area contributed by atoms with E-state index in [2.05, 4.69) is 10.6 Å². The van der Waals surface area contributed by atoms with Crippen LogP contribution in [0.1, 0.15) is 39.8 Å². The molecule has 196 valence electrons. The number of fused-ring (bicyclic) bond motifs is 1. The second-order valence-corrected chi connectivity index (χ2v) is 9.99. The average Bonchev–Trinajstić information content (AvgIpc) is 3.25. The van der Waals surface area contributed by atoms with E-state index in [1.54, 1.807) is 36.4 Å². The third-order valence-corrected chi connectivity index (χ3v) is 7.36. The van der Waals surface area contributed by atoms with Crippen LogP contribution in [0.3, 0.4) is 0 Å². The predicted octanol–water partition coefficient (Wildman–Crippen LogP) is 4.44. The van der Waals surface area contributed by atoms with Gasteiger partial charge in [0.1, 0.15) is 6.04 Å². The predicted molar refractivity (Wildman–Crippen MR) is 145 cm³/mol. The Labute approximate surface area is 224 Å². The van der Waals surface area contributed by atoms with Crippen molar-refractivity contribution in [3.8, 4) is 0 Å². The van der Waals surface area contributed by atoms with E-state index in [1.807, 2.05) is 48.5 Å². The van der Waals surface area contributed by atoms with E-state index in [-0.39, 0.29) is 18.7 Å². The quantitative estimate of drug-likeness (QED) is 0.295. The van der Waals surface area contributed by atoms with Gasteiger partial charge in [-0.15, -0.1) is 11.8 Å². The number of thioether (sulfide) groups is 1. The molecule has 3 atom stereocenters. The minimum absolute atomic E-state index is 0.0570. The van der Waals surface area contributed by atoms with Crippen LogP contribution in [0, 0.1) is 5.92 Å². The van der Waals surface area contributed by atoms with E-state index in [4.69, 9.17) is 4.74 Å². The van der Waals surface area contributed by atoms with Crippen LogP contribution >= 0.6 is 11.8 Å². The largest absolute Gasteiger partial charge is 0.481 e. The number of carbonyl (C=O) groups excluding carboxylic acids is 3. The average molecular weight is 533 g/mol. The SMILES string of the molecule is O=C(O)CCC(NC(=O)C(CSC1OC(=O)c2ccccc21)Cc1ccccc1)C(=O)Nc1ccccc1. The summed E-state index contributed by atoms with van der Waals surface area (Å²) in [5.41, 5.74) is 2.23. The highest BCUT2D eigenvalue weighted by atomic mass is 32.2. The number of hydrogen-bond donors (Lipinski definition) is 3. The van der Waals surface area contributed by atoms with Gasteiger partial charge in [0.05, 0.1) is 11.5 Å². The lowest BCUT2D eigenvalue weighted by Crippen LogP contribution is -2.47. The number of rotatable bonds is 12. The van der Waals surface area contributed by atoms with Gasteiger partial charge in [0, 0.05) is 23.4 Å². The van der Waals surface area contributed by atoms with E-state index >= 15 is 0 Å². The number of carboxylic acids is 1. The lowest BCUT2D eigenvalue weighted by molar-refractivity contribution is -0.137. The Kier molecular flexibility index (Phi) is 9.16. The van der Waals surface area contributed by atoms with Crippen LogP contribution in [-0.4, -0.2) is 40.7 Å². The van der Waals surface area contributed by atoms with Crippen molar-refractivity contribution in [3.63, 3.8) is 0 Å². The van der Waals surface area contributed by atoms with E-state index in [0.29, 0.717) is 23.4 Å². The van der Waals surface area contributed by atoms with Crippen LogP contribution < -0.4 is 10.6 Å². The molecule has 0 bridgehead atoms. The minimum atomic E-state index is -1.06. The van der Waals surface area contributed by atoms with Crippen molar-refractivity contribution in [2.24, 2.45) is 5.92 Å². The third kappa shape index (κ3) is 7.23. The van der Waals surface area contributed by atoms with Gasteiger partial charge >= 0.3 is 11.9 Å². The van der Waals surface area contributed by atoms with Gasteiger partial charge in [0.25, 0.3) is 0 Å². The maximum absolute atomic E-state index is 13.5. The van der Waals surface area contributed by atoms with Crippen LogP contribution in [0.25, 0.3) is 0 Å². The first-order chi connectivity index (χ1) is 18.4. The molecule has 8 nitrogen and oxygen atoms in total. The standard InChI is InChI=1S/C29H28N2O6S/c32-25(33)16-15-24(27(35)30-21-11-5-2-6-12-21)31-26(34)20(17-19-9-3-1-4-10-19)18-38-29-23-14-8-7-13-22(23)28(36)37-29/h1-14,20,24,29H,15-18H2,(H,30,35)(H,31,34)(H,32,33).